The number of imidazole rings is 1. The standard InChI is InChI=1S/C18H17ClN4O2/c1-12(24)20-8-13-2-4-14(5-3-13)18(25)21-9-16-11-23-10-15(19)6-7-17(23)22-16/h2-7,10-11H,8-9H2,1H3,(H,20,24)(H,21,25). The van der Waals surface area contributed by atoms with Crippen LogP contribution >= 0.6 is 11.6 Å². The third-order valence-electron chi connectivity index (χ3n) is 3.65. The number of hydrogen-bond acceptors (Lipinski definition) is 3. The average Bonchev–Trinajstić information content (AvgIpc) is 3.00. The van der Waals surface area contributed by atoms with Gasteiger partial charge in [-0.15, -0.1) is 0 Å². The van der Waals surface area contributed by atoms with Crippen LogP contribution in [0.2, 0.25) is 5.02 Å². The van der Waals surface area contributed by atoms with Crippen molar-refractivity contribution in [3.63, 3.8) is 0 Å². The molecule has 0 radical (unpaired) electrons. The minimum absolute atomic E-state index is 0.0874. The Morgan fingerprint density at radius 2 is 1.80 bits per heavy atom. The number of carbonyl (C=O) groups excluding carboxylic acids is 2. The van der Waals surface area contributed by atoms with Gasteiger partial charge in [-0.25, -0.2) is 4.98 Å². The van der Waals surface area contributed by atoms with Crippen LogP contribution in [0, 0.1) is 0 Å². The number of rotatable bonds is 5. The van der Waals surface area contributed by atoms with Crippen molar-refractivity contribution in [2.24, 2.45) is 0 Å². The Hall–Kier alpha value is -2.86. The second-order valence-electron chi connectivity index (χ2n) is 5.63. The van der Waals surface area contributed by atoms with Crippen LogP contribution in [0.4, 0.5) is 0 Å². The second kappa shape index (κ2) is 7.36. The molecule has 25 heavy (non-hydrogen) atoms. The van der Waals surface area contributed by atoms with Crippen LogP contribution in [0.5, 0.6) is 0 Å². The van der Waals surface area contributed by atoms with Crippen molar-refractivity contribution in [2.45, 2.75) is 20.0 Å². The summed E-state index contributed by atoms with van der Waals surface area (Å²) < 4.78 is 1.82. The Balaban J connectivity index is 1.60. The molecule has 6 nitrogen and oxygen atoms in total. The Bertz CT molecular complexity index is 918. The number of carbonyl (C=O) groups is 2. The molecule has 0 spiro atoms. The zero-order valence-corrected chi connectivity index (χ0v) is 14.4. The number of aromatic nitrogens is 2. The molecule has 2 amide bonds. The van der Waals surface area contributed by atoms with Crippen molar-refractivity contribution >= 4 is 29.1 Å². The van der Waals surface area contributed by atoms with Crippen LogP contribution < -0.4 is 10.6 Å². The largest absolute Gasteiger partial charge is 0.352 e. The number of benzene rings is 1. The van der Waals surface area contributed by atoms with Crippen molar-refractivity contribution in [3.05, 3.63) is 70.6 Å². The minimum Gasteiger partial charge on any atom is -0.352 e. The van der Waals surface area contributed by atoms with Gasteiger partial charge in [0.1, 0.15) is 5.65 Å². The molecular weight excluding hydrogens is 340 g/mol. The average molecular weight is 357 g/mol. The highest BCUT2D eigenvalue weighted by atomic mass is 35.5. The van der Waals surface area contributed by atoms with Crippen molar-refractivity contribution in [1.29, 1.82) is 0 Å². The lowest BCUT2D eigenvalue weighted by molar-refractivity contribution is -0.119. The number of fused-ring (bicyclic) bond motifs is 1. The molecule has 2 N–H and O–H groups in total. The molecule has 0 bridgehead atoms. The SMILES string of the molecule is CC(=O)NCc1ccc(C(=O)NCc2cn3cc(Cl)ccc3n2)cc1. The van der Waals surface area contributed by atoms with Crippen molar-refractivity contribution in [2.75, 3.05) is 0 Å². The fraction of sp³-hybridized carbons (Fsp3) is 0.167. The number of halogens is 1. The summed E-state index contributed by atoms with van der Waals surface area (Å²) in [5.74, 6) is -0.267. The molecule has 2 heterocycles. The van der Waals surface area contributed by atoms with E-state index in [1.54, 1.807) is 24.4 Å². The first kappa shape index (κ1) is 17.0. The molecule has 0 aliphatic carbocycles. The molecule has 1 aromatic carbocycles. The van der Waals surface area contributed by atoms with Gasteiger partial charge in [0.05, 0.1) is 17.3 Å². The lowest BCUT2D eigenvalue weighted by atomic mass is 10.1. The molecule has 128 valence electrons. The normalized spacial score (nSPS) is 10.6. The lowest BCUT2D eigenvalue weighted by Crippen LogP contribution is -2.23. The number of pyridine rings is 1. The van der Waals surface area contributed by atoms with Crippen molar-refractivity contribution in [3.8, 4) is 0 Å². The molecule has 0 unspecified atom stereocenters. The van der Waals surface area contributed by atoms with Crippen LogP contribution in [-0.4, -0.2) is 21.2 Å². The van der Waals surface area contributed by atoms with Crippen LogP contribution in [0.25, 0.3) is 5.65 Å². The molecule has 7 heteroatoms. The highest BCUT2D eigenvalue weighted by molar-refractivity contribution is 6.30. The van der Waals surface area contributed by atoms with Crippen molar-refractivity contribution in [1.82, 2.24) is 20.0 Å². The molecule has 0 saturated carbocycles. The topological polar surface area (TPSA) is 75.5 Å². The van der Waals surface area contributed by atoms with E-state index < -0.39 is 0 Å². The van der Waals surface area contributed by atoms with E-state index in [-0.39, 0.29) is 11.8 Å². The highest BCUT2D eigenvalue weighted by Gasteiger charge is 2.07. The molecular formula is C18H17ClN4O2. The van der Waals surface area contributed by atoms with E-state index in [4.69, 9.17) is 11.6 Å². The summed E-state index contributed by atoms with van der Waals surface area (Å²) >= 11 is 5.95. The molecule has 3 aromatic rings. The summed E-state index contributed by atoms with van der Waals surface area (Å²) in [4.78, 5) is 27.6. The summed E-state index contributed by atoms with van der Waals surface area (Å²) in [6, 6.07) is 10.7. The van der Waals surface area contributed by atoms with Crippen LogP contribution in [0.3, 0.4) is 0 Å². The monoisotopic (exact) mass is 356 g/mol. The zero-order chi connectivity index (χ0) is 17.8. The predicted molar refractivity (Wildman–Crippen MR) is 95.3 cm³/mol. The maximum atomic E-state index is 12.2. The molecule has 0 atom stereocenters. The Kier molecular flexibility index (Phi) is 5.00. The highest BCUT2D eigenvalue weighted by Crippen LogP contribution is 2.12. The number of nitrogens with one attached hydrogen (secondary N) is 2. The van der Waals surface area contributed by atoms with Crippen LogP contribution in [0.1, 0.15) is 28.5 Å². The first-order chi connectivity index (χ1) is 12.0. The first-order valence-electron chi connectivity index (χ1n) is 7.76. The summed E-state index contributed by atoms with van der Waals surface area (Å²) in [5, 5.41) is 6.18. The molecule has 0 fully saturated rings. The maximum absolute atomic E-state index is 12.2. The Labute approximate surface area is 149 Å². The van der Waals surface area contributed by atoms with Gasteiger partial charge >= 0.3 is 0 Å². The lowest BCUT2D eigenvalue weighted by Gasteiger charge is -2.05. The summed E-state index contributed by atoms with van der Waals surface area (Å²) in [5.41, 5.74) is 3.01. The van der Waals surface area contributed by atoms with Crippen molar-refractivity contribution < 1.29 is 9.59 Å². The van der Waals surface area contributed by atoms with Crippen LogP contribution in [-0.2, 0) is 17.9 Å². The van der Waals surface area contributed by atoms with Crippen LogP contribution in [0.15, 0.2) is 48.8 Å². The number of nitrogens with zero attached hydrogens (tertiary/aromatic N) is 2. The summed E-state index contributed by atoms with van der Waals surface area (Å²) in [6.07, 6.45) is 3.60. The molecule has 2 aromatic heterocycles. The van der Waals surface area contributed by atoms with E-state index in [0.29, 0.717) is 23.7 Å². The smallest absolute Gasteiger partial charge is 0.251 e. The third kappa shape index (κ3) is 4.36. The van der Waals surface area contributed by atoms with Gasteiger partial charge in [-0.3, -0.25) is 9.59 Å². The predicted octanol–water partition coefficient (Wildman–Crippen LogP) is 2.55. The number of amides is 2. The van der Waals surface area contributed by atoms with E-state index in [9.17, 15) is 9.59 Å². The quantitative estimate of drug-likeness (QED) is 0.737. The first-order valence-corrected chi connectivity index (χ1v) is 8.14. The molecule has 3 rings (SSSR count). The number of hydrogen-bond donors (Lipinski definition) is 2. The molecule has 0 saturated heterocycles. The van der Waals surface area contributed by atoms with Gasteiger partial charge in [0, 0.05) is 31.4 Å². The molecule has 0 aliphatic heterocycles. The van der Waals surface area contributed by atoms with E-state index in [0.717, 1.165) is 16.9 Å². The summed E-state index contributed by atoms with van der Waals surface area (Å²) in [7, 11) is 0. The van der Waals surface area contributed by atoms with E-state index >= 15 is 0 Å². The molecule has 0 aliphatic rings. The van der Waals surface area contributed by atoms with E-state index in [1.807, 2.05) is 28.8 Å². The Morgan fingerprint density at radius 1 is 1.04 bits per heavy atom. The van der Waals surface area contributed by atoms with Gasteiger partial charge in [0.2, 0.25) is 5.91 Å². The fourth-order valence-corrected chi connectivity index (χ4v) is 2.54. The van der Waals surface area contributed by atoms with E-state index in [2.05, 4.69) is 15.6 Å². The zero-order valence-electron chi connectivity index (χ0n) is 13.6. The van der Waals surface area contributed by atoms with Gasteiger partial charge in [-0.05, 0) is 29.8 Å². The van der Waals surface area contributed by atoms with Gasteiger partial charge in [0.25, 0.3) is 5.91 Å². The van der Waals surface area contributed by atoms with Gasteiger partial charge in [-0.2, -0.15) is 0 Å². The van der Waals surface area contributed by atoms with Gasteiger partial charge < -0.3 is 15.0 Å². The van der Waals surface area contributed by atoms with Gasteiger partial charge in [-0.1, -0.05) is 23.7 Å². The fourth-order valence-electron chi connectivity index (χ4n) is 2.38. The Morgan fingerprint density at radius 3 is 2.52 bits per heavy atom. The minimum atomic E-state index is -0.179. The summed E-state index contributed by atoms with van der Waals surface area (Å²) in [6.45, 7) is 2.24. The van der Waals surface area contributed by atoms with E-state index in [1.165, 1.54) is 6.92 Å². The second-order valence-corrected chi connectivity index (χ2v) is 6.07. The third-order valence-corrected chi connectivity index (χ3v) is 3.88. The maximum Gasteiger partial charge on any atom is 0.251 e. The van der Waals surface area contributed by atoms with Gasteiger partial charge in [0.15, 0.2) is 0 Å².